The molecule has 5 heteroatoms. The lowest BCUT2D eigenvalue weighted by atomic mass is 10.3. The quantitative estimate of drug-likeness (QED) is 0.658. The highest BCUT2D eigenvalue weighted by molar-refractivity contribution is 7.07. The summed E-state index contributed by atoms with van der Waals surface area (Å²) in [5.74, 6) is 0.868. The Hall–Kier alpha value is -1.78. The second kappa shape index (κ2) is 6.33. The number of furan rings is 1. The molecule has 3 aromatic rings. The van der Waals surface area contributed by atoms with Crippen molar-refractivity contribution in [2.24, 2.45) is 4.99 Å². The summed E-state index contributed by atoms with van der Waals surface area (Å²) in [7, 11) is 0. The van der Waals surface area contributed by atoms with Gasteiger partial charge in [-0.3, -0.25) is 0 Å². The Balaban J connectivity index is 2.10. The van der Waals surface area contributed by atoms with Crippen LogP contribution in [0, 0.1) is 0 Å². The predicted molar refractivity (Wildman–Crippen MR) is 87.0 cm³/mol. The van der Waals surface area contributed by atoms with Crippen molar-refractivity contribution in [1.29, 1.82) is 0 Å². The van der Waals surface area contributed by atoms with Crippen molar-refractivity contribution in [2.45, 2.75) is 19.9 Å². The van der Waals surface area contributed by atoms with Crippen molar-refractivity contribution < 1.29 is 4.42 Å². The van der Waals surface area contributed by atoms with E-state index in [1.54, 1.807) is 17.6 Å². The highest BCUT2D eigenvalue weighted by atomic mass is 35.5. The van der Waals surface area contributed by atoms with E-state index in [-0.39, 0.29) is 0 Å². The van der Waals surface area contributed by atoms with E-state index in [2.05, 4.69) is 16.9 Å². The molecule has 21 heavy (non-hydrogen) atoms. The van der Waals surface area contributed by atoms with Gasteiger partial charge in [-0.25, -0.2) is 4.99 Å². The normalized spacial score (nSPS) is 12.0. The summed E-state index contributed by atoms with van der Waals surface area (Å²) in [6, 6.07) is 11.4. The maximum atomic E-state index is 6.02. The Morgan fingerprint density at radius 1 is 1.29 bits per heavy atom. The van der Waals surface area contributed by atoms with E-state index in [1.807, 2.05) is 36.4 Å². The Kier molecular flexibility index (Phi) is 4.27. The Labute approximate surface area is 132 Å². The Morgan fingerprint density at radius 3 is 2.90 bits per heavy atom. The highest BCUT2D eigenvalue weighted by Gasteiger charge is 2.09. The van der Waals surface area contributed by atoms with Crippen molar-refractivity contribution in [3.8, 4) is 11.5 Å². The summed E-state index contributed by atoms with van der Waals surface area (Å²) in [6.45, 7) is 3.05. The van der Waals surface area contributed by atoms with Gasteiger partial charge in [-0.15, -0.1) is 11.3 Å². The zero-order valence-electron chi connectivity index (χ0n) is 11.6. The summed E-state index contributed by atoms with van der Waals surface area (Å²) in [6.07, 6.45) is 2.73. The molecule has 0 aliphatic carbocycles. The monoisotopic (exact) mass is 318 g/mol. The van der Waals surface area contributed by atoms with Crippen molar-refractivity contribution in [3.05, 3.63) is 57.9 Å². The molecule has 0 bridgehead atoms. The molecule has 0 saturated carbocycles. The van der Waals surface area contributed by atoms with Crippen LogP contribution in [0.2, 0.25) is 5.02 Å². The minimum absolute atomic E-state index is 0.695. The fraction of sp³-hybridized carbons (Fsp3) is 0.188. The first-order valence-electron chi connectivity index (χ1n) is 6.80. The molecule has 0 aliphatic rings. The molecule has 0 amide bonds. The van der Waals surface area contributed by atoms with Gasteiger partial charge in [-0.2, -0.15) is 0 Å². The molecule has 2 aromatic heterocycles. The zero-order valence-corrected chi connectivity index (χ0v) is 13.2. The van der Waals surface area contributed by atoms with Crippen LogP contribution in [0.1, 0.15) is 13.3 Å². The third-order valence-electron chi connectivity index (χ3n) is 3.05. The third-order valence-corrected chi connectivity index (χ3v) is 4.15. The highest BCUT2D eigenvalue weighted by Crippen LogP contribution is 2.22. The van der Waals surface area contributed by atoms with Crippen LogP contribution in [0.15, 0.2) is 57.5 Å². The molecule has 0 unspecified atom stereocenters. The number of halogens is 1. The number of aromatic nitrogens is 1. The maximum Gasteiger partial charge on any atom is 0.190 e. The second-order valence-electron chi connectivity index (χ2n) is 4.62. The molecule has 0 fully saturated rings. The lowest BCUT2D eigenvalue weighted by molar-refractivity contribution is 0.567. The smallest absolute Gasteiger partial charge is 0.190 e. The number of hydrogen-bond donors (Lipinski definition) is 0. The molecule has 2 heterocycles. The van der Waals surface area contributed by atoms with Crippen molar-refractivity contribution in [3.63, 3.8) is 0 Å². The van der Waals surface area contributed by atoms with E-state index in [0.29, 0.717) is 5.02 Å². The van der Waals surface area contributed by atoms with Crippen LogP contribution in [-0.2, 0) is 6.54 Å². The van der Waals surface area contributed by atoms with Crippen molar-refractivity contribution in [1.82, 2.24) is 4.57 Å². The minimum Gasteiger partial charge on any atom is -0.463 e. The Morgan fingerprint density at radius 2 is 2.19 bits per heavy atom. The molecule has 0 saturated heterocycles. The van der Waals surface area contributed by atoms with Crippen LogP contribution in [0.5, 0.6) is 0 Å². The summed E-state index contributed by atoms with van der Waals surface area (Å²) < 4.78 is 7.70. The van der Waals surface area contributed by atoms with E-state index >= 15 is 0 Å². The number of hydrogen-bond acceptors (Lipinski definition) is 3. The molecular formula is C16H15ClN2OS. The van der Waals surface area contributed by atoms with Gasteiger partial charge >= 0.3 is 0 Å². The fourth-order valence-corrected chi connectivity index (χ4v) is 3.26. The first-order valence-corrected chi connectivity index (χ1v) is 8.06. The van der Waals surface area contributed by atoms with Gasteiger partial charge in [-0.05, 0) is 36.8 Å². The first-order chi connectivity index (χ1) is 10.3. The molecule has 108 valence electrons. The predicted octanol–water partition coefficient (Wildman–Crippen LogP) is 5.11. The maximum absolute atomic E-state index is 6.02. The van der Waals surface area contributed by atoms with Gasteiger partial charge in [0.1, 0.15) is 0 Å². The molecule has 3 nitrogen and oxygen atoms in total. The van der Waals surface area contributed by atoms with Gasteiger partial charge in [0, 0.05) is 16.9 Å². The third kappa shape index (κ3) is 3.12. The van der Waals surface area contributed by atoms with E-state index < -0.39 is 0 Å². The molecule has 1 aromatic carbocycles. The second-order valence-corrected chi connectivity index (χ2v) is 5.90. The minimum atomic E-state index is 0.695. The fourth-order valence-electron chi connectivity index (χ4n) is 2.14. The van der Waals surface area contributed by atoms with Crippen molar-refractivity contribution in [2.75, 3.05) is 0 Å². The topological polar surface area (TPSA) is 30.4 Å². The van der Waals surface area contributed by atoms with Crippen LogP contribution < -0.4 is 4.80 Å². The van der Waals surface area contributed by atoms with Crippen LogP contribution in [0.25, 0.3) is 11.5 Å². The molecule has 0 radical (unpaired) electrons. The standard InChI is InChI=1S/C16H15ClN2OS/c1-2-8-19-14(15-7-4-9-20-15)11-21-16(19)18-13-6-3-5-12(17)10-13/h3-7,9-11H,2,8H2,1H3. The van der Waals surface area contributed by atoms with Crippen molar-refractivity contribution >= 4 is 28.6 Å². The van der Waals surface area contributed by atoms with E-state index in [9.17, 15) is 0 Å². The lowest BCUT2D eigenvalue weighted by Crippen LogP contribution is -2.15. The van der Waals surface area contributed by atoms with Gasteiger partial charge in [0.2, 0.25) is 0 Å². The van der Waals surface area contributed by atoms with Gasteiger partial charge in [-0.1, -0.05) is 24.6 Å². The number of rotatable bonds is 4. The molecule has 0 spiro atoms. The van der Waals surface area contributed by atoms with E-state index in [4.69, 9.17) is 21.0 Å². The van der Waals surface area contributed by atoms with Gasteiger partial charge < -0.3 is 8.98 Å². The first kappa shape index (κ1) is 14.2. The van der Waals surface area contributed by atoms with Crippen LogP contribution in [-0.4, -0.2) is 4.57 Å². The lowest BCUT2D eigenvalue weighted by Gasteiger charge is -2.05. The zero-order chi connectivity index (χ0) is 14.7. The number of benzene rings is 1. The Bertz CT molecular complexity index is 787. The largest absolute Gasteiger partial charge is 0.463 e. The number of thiazole rings is 1. The summed E-state index contributed by atoms with van der Waals surface area (Å²) in [4.78, 5) is 5.66. The average molecular weight is 319 g/mol. The average Bonchev–Trinajstić information content (AvgIpc) is 3.10. The van der Waals surface area contributed by atoms with Crippen LogP contribution in [0.4, 0.5) is 5.69 Å². The molecule has 0 atom stereocenters. The van der Waals surface area contributed by atoms with E-state index in [1.165, 1.54) is 0 Å². The summed E-state index contributed by atoms with van der Waals surface area (Å²) in [5, 5.41) is 2.78. The van der Waals surface area contributed by atoms with Gasteiger partial charge in [0.25, 0.3) is 0 Å². The van der Waals surface area contributed by atoms with Crippen LogP contribution in [0.3, 0.4) is 0 Å². The molecule has 3 rings (SSSR count). The van der Waals surface area contributed by atoms with Crippen LogP contribution >= 0.6 is 22.9 Å². The van der Waals surface area contributed by atoms with Gasteiger partial charge in [0.15, 0.2) is 10.6 Å². The molecular weight excluding hydrogens is 304 g/mol. The summed E-state index contributed by atoms with van der Waals surface area (Å²) >= 11 is 7.63. The number of nitrogens with zero attached hydrogens (tertiary/aromatic N) is 2. The molecule has 0 N–H and O–H groups in total. The van der Waals surface area contributed by atoms with E-state index in [0.717, 1.165) is 34.9 Å². The summed E-state index contributed by atoms with van der Waals surface area (Å²) in [5.41, 5.74) is 1.92. The molecule has 0 aliphatic heterocycles. The van der Waals surface area contributed by atoms with Gasteiger partial charge in [0.05, 0.1) is 17.6 Å². The SMILES string of the molecule is CCCn1c(-c2ccco2)csc1=Nc1cccc(Cl)c1.